The number of ketones is 1. The average Bonchev–Trinajstić information content (AvgIpc) is 3.33. The highest BCUT2D eigenvalue weighted by molar-refractivity contribution is 5.87. The lowest BCUT2D eigenvalue weighted by Gasteiger charge is -2.39. The number of fused-ring (bicyclic) bond motifs is 1. The maximum atomic E-state index is 13.1. The minimum Gasteiger partial charge on any atom is -0.492 e. The third-order valence-electron chi connectivity index (χ3n) is 7.15. The summed E-state index contributed by atoms with van der Waals surface area (Å²) in [6, 6.07) is 18.2. The molecule has 3 aromatic heterocycles. The number of anilines is 1. The highest BCUT2D eigenvalue weighted by Gasteiger charge is 2.36. The Balaban J connectivity index is 1.33. The van der Waals surface area contributed by atoms with Gasteiger partial charge in [0.2, 0.25) is 0 Å². The first-order chi connectivity index (χ1) is 17.5. The van der Waals surface area contributed by atoms with Crippen LogP contribution in [0.5, 0.6) is 5.75 Å². The topological polar surface area (TPSA) is 83.5 Å². The van der Waals surface area contributed by atoms with E-state index in [9.17, 15) is 10.1 Å². The summed E-state index contributed by atoms with van der Waals surface area (Å²) in [5.41, 5.74) is 3.75. The number of hydrogen-bond acceptors (Lipinski definition) is 6. The zero-order valence-electron chi connectivity index (χ0n) is 20.6. The number of Topliss-reactive ketones (excluding diaryl/α,β-unsaturated/α-hetero) is 1. The number of aromatic nitrogens is 3. The van der Waals surface area contributed by atoms with Crippen LogP contribution in [0.2, 0.25) is 0 Å². The molecule has 0 unspecified atom stereocenters. The molecule has 5 rings (SSSR count). The molecule has 0 amide bonds. The number of nitriles is 1. The summed E-state index contributed by atoms with van der Waals surface area (Å²) < 4.78 is 7.40. The molecule has 7 heteroatoms. The Morgan fingerprint density at radius 2 is 1.92 bits per heavy atom. The third-order valence-corrected chi connectivity index (χ3v) is 7.15. The Kier molecular flexibility index (Phi) is 6.43. The fourth-order valence-corrected chi connectivity index (χ4v) is 4.88. The molecule has 4 aromatic rings. The Morgan fingerprint density at radius 1 is 1.14 bits per heavy atom. The van der Waals surface area contributed by atoms with Crippen molar-refractivity contribution in [1.29, 1.82) is 5.26 Å². The molecule has 1 aromatic carbocycles. The van der Waals surface area contributed by atoms with Crippen molar-refractivity contribution in [1.82, 2.24) is 14.6 Å². The van der Waals surface area contributed by atoms with Gasteiger partial charge < -0.3 is 9.64 Å². The van der Waals surface area contributed by atoms with Crippen LogP contribution < -0.4 is 9.64 Å². The molecule has 0 atom stereocenters. The Hall–Kier alpha value is -4.18. The molecule has 0 aliphatic carbocycles. The van der Waals surface area contributed by atoms with E-state index < -0.39 is 0 Å². The maximum absolute atomic E-state index is 13.1. The van der Waals surface area contributed by atoms with Gasteiger partial charge in [-0.25, -0.2) is 9.50 Å². The van der Waals surface area contributed by atoms with Gasteiger partial charge in [-0.3, -0.25) is 4.79 Å². The molecule has 4 heterocycles. The molecule has 1 saturated heterocycles. The molecular formula is C29H29N5O2. The van der Waals surface area contributed by atoms with E-state index in [1.807, 2.05) is 61.7 Å². The van der Waals surface area contributed by atoms with Crippen LogP contribution in [0.25, 0.3) is 16.6 Å². The number of rotatable bonds is 7. The van der Waals surface area contributed by atoms with Gasteiger partial charge in [-0.05, 0) is 43.5 Å². The van der Waals surface area contributed by atoms with Crippen molar-refractivity contribution in [3.63, 3.8) is 0 Å². The SMILES string of the molecule is CCOc1cc(-c2ccc(N3CCC(C)(C(=O)Cc4ccccc4)CC3)nc2)c2c(C#N)cnn2c1. The van der Waals surface area contributed by atoms with Gasteiger partial charge in [0.1, 0.15) is 23.4 Å². The van der Waals surface area contributed by atoms with Crippen LogP contribution in [0, 0.1) is 16.7 Å². The summed E-state index contributed by atoms with van der Waals surface area (Å²) in [4.78, 5) is 20.1. The molecule has 36 heavy (non-hydrogen) atoms. The Morgan fingerprint density at radius 3 is 2.58 bits per heavy atom. The molecule has 0 N–H and O–H groups in total. The number of carbonyl (C=O) groups excluding carboxylic acids is 1. The van der Waals surface area contributed by atoms with E-state index in [0.717, 1.165) is 54.0 Å². The van der Waals surface area contributed by atoms with Crippen LogP contribution in [-0.2, 0) is 11.2 Å². The quantitative estimate of drug-likeness (QED) is 0.367. The molecule has 1 aliphatic heterocycles. The molecule has 0 saturated carbocycles. The fraction of sp³-hybridized carbons (Fsp3) is 0.310. The van der Waals surface area contributed by atoms with Gasteiger partial charge in [-0.2, -0.15) is 10.4 Å². The number of hydrogen-bond donors (Lipinski definition) is 0. The predicted molar refractivity (Wildman–Crippen MR) is 139 cm³/mol. The molecule has 0 bridgehead atoms. The molecule has 1 fully saturated rings. The summed E-state index contributed by atoms with van der Waals surface area (Å²) in [5.74, 6) is 1.89. The fourth-order valence-electron chi connectivity index (χ4n) is 4.88. The summed E-state index contributed by atoms with van der Waals surface area (Å²) in [6.45, 7) is 6.14. The van der Waals surface area contributed by atoms with Crippen LogP contribution >= 0.6 is 0 Å². The minimum atomic E-state index is -0.312. The van der Waals surface area contributed by atoms with Crippen LogP contribution in [0.4, 0.5) is 5.82 Å². The Labute approximate surface area is 211 Å². The van der Waals surface area contributed by atoms with Crippen LogP contribution in [0.15, 0.2) is 67.1 Å². The smallest absolute Gasteiger partial charge is 0.143 e. The molecule has 1 aliphatic rings. The summed E-state index contributed by atoms with van der Waals surface area (Å²) in [6.07, 6.45) is 7.29. The molecule has 7 nitrogen and oxygen atoms in total. The summed E-state index contributed by atoms with van der Waals surface area (Å²) in [5, 5.41) is 13.9. The number of ether oxygens (including phenoxy) is 1. The van der Waals surface area contributed by atoms with E-state index in [-0.39, 0.29) is 5.41 Å². The maximum Gasteiger partial charge on any atom is 0.143 e. The van der Waals surface area contributed by atoms with E-state index in [2.05, 4.69) is 23.0 Å². The summed E-state index contributed by atoms with van der Waals surface area (Å²) >= 11 is 0. The standard InChI is InChI=1S/C29H29N5O2/c1-3-36-24-16-25(28-23(17-30)19-32-34(28)20-24)22-9-10-27(31-18-22)33-13-11-29(2,12-14-33)26(35)15-21-7-5-4-6-8-21/h4-10,16,18-20H,3,11-15H2,1-2H3. The number of piperidine rings is 1. The second-order valence-electron chi connectivity index (χ2n) is 9.52. The van der Waals surface area contributed by atoms with Gasteiger partial charge in [0, 0.05) is 42.2 Å². The van der Waals surface area contributed by atoms with Crippen LogP contribution in [0.1, 0.15) is 37.8 Å². The highest BCUT2D eigenvalue weighted by Crippen LogP contribution is 2.36. The van der Waals surface area contributed by atoms with Crippen molar-refractivity contribution in [3.05, 3.63) is 78.2 Å². The molecule has 182 valence electrons. The van der Waals surface area contributed by atoms with Gasteiger partial charge in [0.25, 0.3) is 0 Å². The number of carbonyl (C=O) groups is 1. The second kappa shape index (κ2) is 9.82. The van der Waals surface area contributed by atoms with Crippen molar-refractivity contribution in [2.75, 3.05) is 24.6 Å². The number of benzene rings is 1. The van der Waals surface area contributed by atoms with Gasteiger partial charge in [-0.1, -0.05) is 37.3 Å². The first kappa shape index (κ1) is 23.6. The van der Waals surface area contributed by atoms with E-state index in [0.29, 0.717) is 30.1 Å². The van der Waals surface area contributed by atoms with Crippen molar-refractivity contribution < 1.29 is 9.53 Å². The molecular weight excluding hydrogens is 450 g/mol. The van der Waals surface area contributed by atoms with Crippen LogP contribution in [0.3, 0.4) is 0 Å². The van der Waals surface area contributed by atoms with Gasteiger partial charge in [-0.15, -0.1) is 0 Å². The molecule has 0 spiro atoms. The lowest BCUT2D eigenvalue weighted by atomic mass is 9.75. The highest BCUT2D eigenvalue weighted by atomic mass is 16.5. The van der Waals surface area contributed by atoms with E-state index in [1.165, 1.54) is 0 Å². The predicted octanol–water partition coefficient (Wildman–Crippen LogP) is 5.08. The third kappa shape index (κ3) is 4.55. The van der Waals surface area contributed by atoms with Gasteiger partial charge in [0.05, 0.1) is 30.1 Å². The largest absolute Gasteiger partial charge is 0.492 e. The molecule has 0 radical (unpaired) electrons. The second-order valence-corrected chi connectivity index (χ2v) is 9.52. The minimum absolute atomic E-state index is 0.309. The van der Waals surface area contributed by atoms with E-state index >= 15 is 0 Å². The van der Waals surface area contributed by atoms with E-state index in [1.54, 1.807) is 16.9 Å². The monoisotopic (exact) mass is 479 g/mol. The zero-order valence-corrected chi connectivity index (χ0v) is 20.6. The number of pyridine rings is 2. The summed E-state index contributed by atoms with van der Waals surface area (Å²) in [7, 11) is 0. The van der Waals surface area contributed by atoms with Crippen LogP contribution in [-0.4, -0.2) is 40.1 Å². The first-order valence-electron chi connectivity index (χ1n) is 12.3. The van der Waals surface area contributed by atoms with Gasteiger partial charge >= 0.3 is 0 Å². The lowest BCUT2D eigenvalue weighted by molar-refractivity contribution is -0.128. The van der Waals surface area contributed by atoms with E-state index in [4.69, 9.17) is 9.72 Å². The van der Waals surface area contributed by atoms with Crippen molar-refractivity contribution in [2.45, 2.75) is 33.1 Å². The average molecular weight is 480 g/mol. The zero-order chi connectivity index (χ0) is 25.1. The van der Waals surface area contributed by atoms with Crippen molar-refractivity contribution in [2.24, 2.45) is 5.41 Å². The van der Waals surface area contributed by atoms with Gasteiger partial charge in [0.15, 0.2) is 0 Å². The van der Waals surface area contributed by atoms with Crippen molar-refractivity contribution in [3.8, 4) is 22.9 Å². The number of nitrogens with zero attached hydrogens (tertiary/aromatic N) is 5. The van der Waals surface area contributed by atoms with Crippen molar-refractivity contribution >= 4 is 17.1 Å². The first-order valence-corrected chi connectivity index (χ1v) is 12.3. The normalized spacial score (nSPS) is 15.0. The Bertz CT molecular complexity index is 1410. The lowest BCUT2D eigenvalue weighted by Crippen LogP contribution is -2.43.